The normalized spacial score (nSPS) is 28.9. The Morgan fingerprint density at radius 1 is 1.36 bits per heavy atom. The van der Waals surface area contributed by atoms with Crippen LogP contribution >= 0.6 is 0 Å². The van der Waals surface area contributed by atoms with Gasteiger partial charge in [-0.15, -0.1) is 0 Å². The summed E-state index contributed by atoms with van der Waals surface area (Å²) in [6.45, 7) is 9.30. The van der Waals surface area contributed by atoms with Crippen molar-refractivity contribution in [2.24, 2.45) is 11.3 Å². The predicted molar refractivity (Wildman–Crippen MR) is 85.8 cm³/mol. The van der Waals surface area contributed by atoms with Crippen molar-refractivity contribution in [2.45, 2.75) is 52.8 Å². The van der Waals surface area contributed by atoms with Gasteiger partial charge < -0.3 is 4.74 Å². The molecule has 0 unspecified atom stereocenters. The highest BCUT2D eigenvalue weighted by molar-refractivity contribution is 5.92. The quantitative estimate of drug-likeness (QED) is 0.594. The Morgan fingerprint density at radius 3 is 2.45 bits per heavy atom. The fourth-order valence-electron chi connectivity index (χ4n) is 2.79. The number of amides is 1. The fraction of sp³-hybridized carbons (Fsp3) is 0.556. The number of carbonyl (C=O) groups is 2. The molecule has 1 aliphatic heterocycles. The number of allylic oxidation sites excluding steroid dienone is 3. The van der Waals surface area contributed by atoms with Crippen LogP contribution < -0.4 is 0 Å². The van der Waals surface area contributed by atoms with Crippen LogP contribution in [0.25, 0.3) is 0 Å². The average molecular weight is 303 g/mol. The number of esters is 1. The van der Waals surface area contributed by atoms with E-state index in [1.807, 2.05) is 64.2 Å². The van der Waals surface area contributed by atoms with Gasteiger partial charge in [0.25, 0.3) is 0 Å². The first-order valence-electron chi connectivity index (χ1n) is 7.73. The minimum atomic E-state index is -0.953. The average Bonchev–Trinajstić information content (AvgIpc) is 3.03. The summed E-state index contributed by atoms with van der Waals surface area (Å²) < 4.78 is 5.62. The number of cyclic esters (lactones) is 1. The molecular weight excluding hydrogens is 278 g/mol. The van der Waals surface area contributed by atoms with E-state index in [0.29, 0.717) is 6.42 Å². The van der Waals surface area contributed by atoms with Gasteiger partial charge in [0, 0.05) is 5.41 Å². The molecule has 0 bridgehead atoms. The number of hydrogen-bond donors (Lipinski definition) is 0. The zero-order valence-corrected chi connectivity index (χ0v) is 14.0. The summed E-state index contributed by atoms with van der Waals surface area (Å²) in [7, 11) is 0. The van der Waals surface area contributed by atoms with Crippen molar-refractivity contribution in [1.29, 1.82) is 0 Å². The molecule has 1 fully saturated rings. The van der Waals surface area contributed by atoms with E-state index in [9.17, 15) is 9.59 Å². The Bertz CT molecular complexity index is 541. The van der Waals surface area contributed by atoms with Crippen LogP contribution in [0.2, 0.25) is 0 Å². The van der Waals surface area contributed by atoms with Gasteiger partial charge in [0.15, 0.2) is 6.23 Å². The first kappa shape index (κ1) is 16.5. The number of rotatable bonds is 3. The largest absolute Gasteiger partial charge is 0.439 e. The molecule has 4 nitrogen and oxygen atoms in total. The van der Waals surface area contributed by atoms with Crippen molar-refractivity contribution >= 4 is 11.9 Å². The van der Waals surface area contributed by atoms with Crippen molar-refractivity contribution in [3.63, 3.8) is 0 Å². The topological polar surface area (TPSA) is 46.6 Å². The molecule has 1 amide bonds. The van der Waals surface area contributed by atoms with Gasteiger partial charge in [0.05, 0.1) is 5.92 Å². The molecular formula is C18H25NO3. The minimum absolute atomic E-state index is 0.0657. The molecule has 1 aliphatic carbocycles. The minimum Gasteiger partial charge on any atom is -0.439 e. The highest BCUT2D eigenvalue weighted by Gasteiger charge is 2.56. The molecule has 0 saturated carbocycles. The maximum Gasteiger partial charge on any atom is 0.334 e. The van der Waals surface area contributed by atoms with Gasteiger partial charge in [-0.3, -0.25) is 9.69 Å². The van der Waals surface area contributed by atoms with Crippen molar-refractivity contribution < 1.29 is 14.3 Å². The molecule has 2 rings (SSSR count). The van der Waals surface area contributed by atoms with Crippen molar-refractivity contribution in [2.75, 3.05) is 0 Å². The number of carbonyl (C=O) groups excluding carboxylic acids is 2. The molecule has 0 aromatic heterocycles. The summed E-state index contributed by atoms with van der Waals surface area (Å²) in [6.07, 6.45) is 11.4. The summed E-state index contributed by atoms with van der Waals surface area (Å²) in [4.78, 5) is 27.1. The summed E-state index contributed by atoms with van der Waals surface area (Å²) in [5, 5.41) is 0. The van der Waals surface area contributed by atoms with Crippen LogP contribution in [0.1, 0.15) is 41.0 Å². The second-order valence-electron chi connectivity index (χ2n) is 7.12. The van der Waals surface area contributed by atoms with E-state index < -0.39 is 17.2 Å². The van der Waals surface area contributed by atoms with Crippen LogP contribution in [0.5, 0.6) is 0 Å². The van der Waals surface area contributed by atoms with E-state index in [-0.39, 0.29) is 17.8 Å². The molecule has 0 N–H and O–H groups in total. The van der Waals surface area contributed by atoms with Gasteiger partial charge in [-0.2, -0.15) is 0 Å². The van der Waals surface area contributed by atoms with Crippen LogP contribution in [0.15, 0.2) is 36.5 Å². The predicted octanol–water partition coefficient (Wildman–Crippen LogP) is 3.21. The Hall–Kier alpha value is -1.84. The highest BCUT2D eigenvalue weighted by atomic mass is 16.6. The molecule has 2 atom stereocenters. The Kier molecular flexibility index (Phi) is 4.32. The van der Waals surface area contributed by atoms with Gasteiger partial charge in [-0.05, 0) is 20.3 Å². The van der Waals surface area contributed by atoms with Crippen LogP contribution in [0.4, 0.5) is 0 Å². The van der Waals surface area contributed by atoms with Crippen LogP contribution in [-0.2, 0) is 14.3 Å². The second-order valence-corrected chi connectivity index (χ2v) is 7.12. The zero-order valence-electron chi connectivity index (χ0n) is 14.0. The van der Waals surface area contributed by atoms with E-state index in [2.05, 4.69) is 0 Å². The van der Waals surface area contributed by atoms with Gasteiger partial charge >= 0.3 is 5.97 Å². The Balaban J connectivity index is 2.43. The van der Waals surface area contributed by atoms with Crippen LogP contribution in [0.3, 0.4) is 0 Å². The fourth-order valence-corrected chi connectivity index (χ4v) is 2.79. The molecule has 22 heavy (non-hydrogen) atoms. The zero-order chi connectivity index (χ0) is 16.5. The van der Waals surface area contributed by atoms with E-state index in [1.165, 1.54) is 0 Å². The number of hydrogen-bond acceptors (Lipinski definition) is 3. The molecule has 0 aromatic carbocycles. The highest BCUT2D eigenvalue weighted by Crippen LogP contribution is 2.39. The number of ether oxygens (including phenoxy) is 1. The van der Waals surface area contributed by atoms with Crippen LogP contribution in [-0.4, -0.2) is 28.5 Å². The smallest absolute Gasteiger partial charge is 0.334 e. The molecule has 4 heteroatoms. The number of nitrogens with zero attached hydrogens (tertiary/aromatic N) is 1. The summed E-state index contributed by atoms with van der Waals surface area (Å²) in [6, 6.07) is 0. The third kappa shape index (κ3) is 2.74. The van der Waals surface area contributed by atoms with E-state index in [4.69, 9.17) is 4.74 Å². The molecule has 1 saturated heterocycles. The lowest BCUT2D eigenvalue weighted by Gasteiger charge is -2.38. The summed E-state index contributed by atoms with van der Waals surface area (Å²) >= 11 is 0. The van der Waals surface area contributed by atoms with Crippen molar-refractivity contribution in [1.82, 2.24) is 4.90 Å². The standard InChI is InChI=1S/C18H25NO3/c1-6-7-12-18(5)16(21)22-14(13-10-8-9-11-13)19(18)15(20)17(2,3)4/h6-11,13-14H,12H2,1-5H3/t14-,18+/m0/s1. The van der Waals surface area contributed by atoms with Crippen molar-refractivity contribution in [3.05, 3.63) is 36.5 Å². The lowest BCUT2D eigenvalue weighted by atomic mass is 9.88. The van der Waals surface area contributed by atoms with Gasteiger partial charge in [0.2, 0.25) is 5.91 Å². The maximum atomic E-state index is 13.0. The Morgan fingerprint density at radius 2 is 1.95 bits per heavy atom. The molecule has 0 spiro atoms. The Labute approximate surface area is 132 Å². The third-order valence-electron chi connectivity index (χ3n) is 4.17. The SMILES string of the molecule is CC=CC[C@]1(C)C(=O)O[C@@H](C2C=CC=C2)N1C(=O)C(C)(C)C. The van der Waals surface area contributed by atoms with Crippen molar-refractivity contribution in [3.8, 4) is 0 Å². The first-order chi connectivity index (χ1) is 10.2. The summed E-state index contributed by atoms with van der Waals surface area (Å²) in [5.41, 5.74) is -1.53. The van der Waals surface area contributed by atoms with Gasteiger partial charge in [-0.25, -0.2) is 4.79 Å². The van der Waals surface area contributed by atoms with E-state index in [1.54, 1.807) is 11.8 Å². The molecule has 2 aliphatic rings. The molecule has 0 aromatic rings. The molecule has 1 heterocycles. The lowest BCUT2D eigenvalue weighted by molar-refractivity contribution is -0.150. The van der Waals surface area contributed by atoms with E-state index in [0.717, 1.165) is 0 Å². The maximum absolute atomic E-state index is 13.0. The lowest BCUT2D eigenvalue weighted by Crippen LogP contribution is -2.55. The molecule has 120 valence electrons. The first-order valence-corrected chi connectivity index (χ1v) is 7.73. The monoisotopic (exact) mass is 303 g/mol. The van der Waals surface area contributed by atoms with Gasteiger partial charge in [-0.1, -0.05) is 57.2 Å². The molecule has 0 radical (unpaired) electrons. The van der Waals surface area contributed by atoms with E-state index >= 15 is 0 Å². The third-order valence-corrected chi connectivity index (χ3v) is 4.17. The summed E-state index contributed by atoms with van der Waals surface area (Å²) in [5.74, 6) is -0.478. The van der Waals surface area contributed by atoms with Crippen LogP contribution in [0, 0.1) is 11.3 Å². The second kappa shape index (κ2) is 5.75. The van der Waals surface area contributed by atoms with Gasteiger partial charge in [0.1, 0.15) is 5.54 Å².